The number of benzene rings is 5. The third kappa shape index (κ3) is 8.33. The highest BCUT2D eigenvalue weighted by atomic mass is 16.5. The van der Waals surface area contributed by atoms with Crippen LogP contribution in [0.3, 0.4) is 0 Å². The van der Waals surface area contributed by atoms with Crippen molar-refractivity contribution in [2.45, 2.75) is 51.6 Å². The molecule has 0 heterocycles. The van der Waals surface area contributed by atoms with Crippen LogP contribution in [0.2, 0.25) is 0 Å². The normalized spacial score (nSPS) is 12.0. The van der Waals surface area contributed by atoms with Crippen molar-refractivity contribution >= 4 is 0 Å². The summed E-state index contributed by atoms with van der Waals surface area (Å²) in [6.07, 6.45) is 0.838. The highest BCUT2D eigenvalue weighted by Gasteiger charge is 2.32. The van der Waals surface area contributed by atoms with Crippen molar-refractivity contribution in [1.29, 1.82) is 0 Å². The van der Waals surface area contributed by atoms with Gasteiger partial charge in [0.05, 0.1) is 12.2 Å². The first-order chi connectivity index (χ1) is 20.0. The van der Waals surface area contributed by atoms with Crippen molar-refractivity contribution in [3.63, 3.8) is 0 Å². The lowest BCUT2D eigenvalue weighted by atomic mass is 9.80. The highest BCUT2D eigenvalue weighted by molar-refractivity contribution is 5.35. The molecule has 3 nitrogen and oxygen atoms in total. The van der Waals surface area contributed by atoms with E-state index in [1.165, 1.54) is 16.7 Å². The first kappa shape index (κ1) is 28.2. The molecule has 0 amide bonds. The maximum atomic E-state index is 6.60. The average molecular weight is 543 g/mol. The lowest BCUT2D eigenvalue weighted by Gasteiger charge is -2.35. The molecule has 1 unspecified atom stereocenters. The standard InChI is InChI=1S/C38H38O3/c1-38(2,41-29-33-16-10-5-11-17-33)37(34-20-24-36(25-21-34)40-28-32-14-8-4-9-15-32)26-30-18-22-35(23-19-30)39-27-31-12-6-3-7-13-31/h3-25,37H,26-29H2,1-2H3. The third-order valence-corrected chi connectivity index (χ3v) is 7.44. The van der Waals surface area contributed by atoms with Crippen molar-refractivity contribution in [3.8, 4) is 11.5 Å². The van der Waals surface area contributed by atoms with Crippen molar-refractivity contribution < 1.29 is 14.2 Å². The van der Waals surface area contributed by atoms with E-state index in [1.54, 1.807) is 0 Å². The summed E-state index contributed by atoms with van der Waals surface area (Å²) in [5, 5.41) is 0. The highest BCUT2D eigenvalue weighted by Crippen LogP contribution is 2.36. The molecular formula is C38H38O3. The van der Waals surface area contributed by atoms with Gasteiger partial charge in [-0.3, -0.25) is 0 Å². The summed E-state index contributed by atoms with van der Waals surface area (Å²) in [6.45, 7) is 6.06. The Morgan fingerprint density at radius 1 is 0.463 bits per heavy atom. The van der Waals surface area contributed by atoms with Gasteiger partial charge in [0, 0.05) is 5.92 Å². The Morgan fingerprint density at radius 3 is 1.34 bits per heavy atom. The quantitative estimate of drug-likeness (QED) is 0.148. The lowest BCUT2D eigenvalue weighted by Crippen LogP contribution is -2.34. The number of hydrogen-bond acceptors (Lipinski definition) is 3. The van der Waals surface area contributed by atoms with E-state index in [2.05, 4.69) is 111 Å². The summed E-state index contributed by atoms with van der Waals surface area (Å²) in [5.41, 5.74) is 5.53. The van der Waals surface area contributed by atoms with Crippen molar-refractivity contribution in [2.24, 2.45) is 0 Å². The van der Waals surface area contributed by atoms with E-state index in [-0.39, 0.29) is 5.92 Å². The van der Waals surface area contributed by atoms with Gasteiger partial charge in [0.15, 0.2) is 0 Å². The second kappa shape index (κ2) is 13.8. The number of hydrogen-bond donors (Lipinski definition) is 0. The van der Waals surface area contributed by atoms with Crippen LogP contribution in [0.15, 0.2) is 140 Å². The molecule has 0 spiro atoms. The van der Waals surface area contributed by atoms with Crippen LogP contribution < -0.4 is 9.47 Å². The molecule has 5 rings (SSSR count). The van der Waals surface area contributed by atoms with Crippen LogP contribution in [-0.4, -0.2) is 5.60 Å². The summed E-state index contributed by atoms with van der Waals surface area (Å²) in [4.78, 5) is 0. The predicted octanol–water partition coefficient (Wildman–Crippen LogP) is 9.17. The molecule has 0 fully saturated rings. The van der Waals surface area contributed by atoms with Crippen LogP contribution in [0, 0.1) is 0 Å². The van der Waals surface area contributed by atoms with Gasteiger partial charge in [0.25, 0.3) is 0 Å². The van der Waals surface area contributed by atoms with Gasteiger partial charge in [0.2, 0.25) is 0 Å². The molecule has 5 aromatic carbocycles. The van der Waals surface area contributed by atoms with E-state index >= 15 is 0 Å². The van der Waals surface area contributed by atoms with Gasteiger partial charge < -0.3 is 14.2 Å². The van der Waals surface area contributed by atoms with E-state index in [0.717, 1.165) is 29.0 Å². The fourth-order valence-corrected chi connectivity index (χ4v) is 4.94. The molecule has 0 saturated heterocycles. The van der Waals surface area contributed by atoms with Crippen molar-refractivity contribution in [2.75, 3.05) is 0 Å². The second-order valence-corrected chi connectivity index (χ2v) is 10.9. The lowest BCUT2D eigenvalue weighted by molar-refractivity contribution is -0.0489. The average Bonchev–Trinajstić information content (AvgIpc) is 3.03. The first-order valence-electron chi connectivity index (χ1n) is 14.3. The molecule has 0 saturated carbocycles. The molecule has 208 valence electrons. The molecule has 3 heteroatoms. The minimum absolute atomic E-state index is 0.130. The van der Waals surface area contributed by atoms with Crippen LogP contribution in [0.1, 0.15) is 47.6 Å². The monoisotopic (exact) mass is 542 g/mol. The third-order valence-electron chi connectivity index (χ3n) is 7.44. The summed E-state index contributed by atoms with van der Waals surface area (Å²) < 4.78 is 18.7. The van der Waals surface area contributed by atoms with Crippen LogP contribution in [0.25, 0.3) is 0 Å². The van der Waals surface area contributed by atoms with Crippen LogP contribution in [0.5, 0.6) is 11.5 Å². The molecular weight excluding hydrogens is 504 g/mol. The summed E-state index contributed by atoms with van der Waals surface area (Å²) >= 11 is 0. The minimum Gasteiger partial charge on any atom is -0.489 e. The molecule has 0 aliphatic heterocycles. The summed E-state index contributed by atoms with van der Waals surface area (Å²) in [6, 6.07) is 47.8. The predicted molar refractivity (Wildman–Crippen MR) is 166 cm³/mol. The van der Waals surface area contributed by atoms with E-state index in [9.17, 15) is 0 Å². The molecule has 41 heavy (non-hydrogen) atoms. The van der Waals surface area contributed by atoms with E-state index in [1.807, 2.05) is 42.5 Å². The number of ether oxygens (including phenoxy) is 3. The molecule has 0 bridgehead atoms. The Bertz CT molecular complexity index is 1450. The first-order valence-corrected chi connectivity index (χ1v) is 14.3. The Labute approximate surface area is 244 Å². The molecule has 0 aromatic heterocycles. The largest absolute Gasteiger partial charge is 0.489 e. The Morgan fingerprint density at radius 2 is 0.878 bits per heavy atom. The molecule has 0 aliphatic carbocycles. The zero-order valence-electron chi connectivity index (χ0n) is 23.9. The van der Waals surface area contributed by atoms with Gasteiger partial charge in [-0.15, -0.1) is 0 Å². The fraction of sp³-hybridized carbons (Fsp3) is 0.211. The summed E-state index contributed by atoms with van der Waals surface area (Å²) in [5.74, 6) is 1.86. The Balaban J connectivity index is 1.30. The van der Waals surface area contributed by atoms with Crippen LogP contribution in [-0.2, 0) is 31.0 Å². The number of rotatable bonds is 13. The van der Waals surface area contributed by atoms with Crippen LogP contribution in [0.4, 0.5) is 0 Å². The van der Waals surface area contributed by atoms with E-state index < -0.39 is 5.60 Å². The van der Waals surface area contributed by atoms with Gasteiger partial charge >= 0.3 is 0 Å². The minimum atomic E-state index is -0.412. The molecule has 5 aromatic rings. The molecule has 0 N–H and O–H groups in total. The Kier molecular flexibility index (Phi) is 9.51. The molecule has 0 radical (unpaired) electrons. The van der Waals surface area contributed by atoms with E-state index in [4.69, 9.17) is 14.2 Å². The van der Waals surface area contributed by atoms with Gasteiger partial charge in [-0.25, -0.2) is 0 Å². The van der Waals surface area contributed by atoms with E-state index in [0.29, 0.717) is 19.8 Å². The van der Waals surface area contributed by atoms with Crippen molar-refractivity contribution in [3.05, 3.63) is 167 Å². The zero-order valence-corrected chi connectivity index (χ0v) is 23.9. The maximum absolute atomic E-state index is 6.60. The summed E-state index contributed by atoms with van der Waals surface area (Å²) in [7, 11) is 0. The van der Waals surface area contributed by atoms with Gasteiger partial charge in [0.1, 0.15) is 24.7 Å². The van der Waals surface area contributed by atoms with Gasteiger partial charge in [-0.05, 0) is 72.4 Å². The molecule has 0 aliphatic rings. The second-order valence-electron chi connectivity index (χ2n) is 10.9. The Hall–Kier alpha value is -4.34. The fourth-order valence-electron chi connectivity index (χ4n) is 4.94. The topological polar surface area (TPSA) is 27.7 Å². The van der Waals surface area contributed by atoms with Crippen molar-refractivity contribution in [1.82, 2.24) is 0 Å². The van der Waals surface area contributed by atoms with Gasteiger partial charge in [-0.1, -0.05) is 115 Å². The van der Waals surface area contributed by atoms with Gasteiger partial charge in [-0.2, -0.15) is 0 Å². The SMILES string of the molecule is CC(C)(OCc1ccccc1)C(Cc1ccc(OCc2ccccc2)cc1)c1ccc(OCc2ccccc2)cc1. The maximum Gasteiger partial charge on any atom is 0.119 e. The smallest absolute Gasteiger partial charge is 0.119 e. The molecule has 1 atom stereocenters. The van der Waals surface area contributed by atoms with Crippen LogP contribution >= 0.6 is 0 Å². The zero-order chi connectivity index (χ0) is 28.3.